The highest BCUT2D eigenvalue weighted by Gasteiger charge is 2.25. The van der Waals surface area contributed by atoms with Crippen LogP contribution in [0.3, 0.4) is 0 Å². The Morgan fingerprint density at radius 1 is 1.15 bits per heavy atom. The quantitative estimate of drug-likeness (QED) is 0.578. The summed E-state index contributed by atoms with van der Waals surface area (Å²) in [6.45, 7) is 1.90. The lowest BCUT2D eigenvalue weighted by Gasteiger charge is -2.07. The number of unbranched alkanes of at least 4 members (excludes halogenated alkanes) is 1. The van der Waals surface area contributed by atoms with Crippen molar-refractivity contribution in [2.45, 2.75) is 57.7 Å². The normalized spacial score (nSPS) is 14.5. The average molecular weight is 197 g/mol. The lowest BCUT2D eigenvalue weighted by molar-refractivity contribution is -0.136. The highest BCUT2D eigenvalue weighted by molar-refractivity contribution is 4.57. The molecule has 1 unspecified atom stereocenters. The van der Waals surface area contributed by atoms with Crippen molar-refractivity contribution in [3.8, 4) is 0 Å². The maximum Gasteiger partial charge on any atom is 0.389 e. The van der Waals surface area contributed by atoms with Crippen LogP contribution in [0, 0.1) is 0 Å². The average Bonchev–Trinajstić information content (AvgIpc) is 1.97. The number of rotatable bonds is 6. The van der Waals surface area contributed by atoms with Gasteiger partial charge in [0.2, 0.25) is 0 Å². The highest BCUT2D eigenvalue weighted by Crippen LogP contribution is 2.23. The summed E-state index contributed by atoms with van der Waals surface area (Å²) in [6, 6.07) is 0. The lowest BCUT2D eigenvalue weighted by Crippen LogP contribution is -2.08. The summed E-state index contributed by atoms with van der Waals surface area (Å²) < 4.78 is 35.0. The molecule has 1 atom stereocenters. The van der Waals surface area contributed by atoms with E-state index < -0.39 is 18.7 Å². The summed E-state index contributed by atoms with van der Waals surface area (Å²) in [5, 5.41) is 11.0. The first-order chi connectivity index (χ1) is 5.95. The zero-order chi connectivity index (χ0) is 10.3. The van der Waals surface area contributed by atoms with Gasteiger partial charge in [-0.15, -0.1) is 0 Å². The first-order valence-corrected chi connectivity index (χ1v) is 4.68. The van der Waals surface area contributed by atoms with E-state index in [4.69, 9.17) is 0 Å². The molecule has 0 aliphatic heterocycles. The van der Waals surface area contributed by atoms with Crippen LogP contribution >= 0.6 is 0 Å². The molecule has 0 bridgehead atoms. The topological polar surface area (TPSA) is 19.9 Å². The zero-order valence-electron chi connectivity index (χ0n) is 7.86. The SMILES string of the molecule is CCCC([O])CCCCC(F)(F)F. The predicted molar refractivity (Wildman–Crippen MR) is 43.9 cm³/mol. The molecule has 0 aromatic heterocycles. The fourth-order valence-corrected chi connectivity index (χ4v) is 1.16. The van der Waals surface area contributed by atoms with Crippen molar-refractivity contribution in [2.24, 2.45) is 0 Å². The van der Waals surface area contributed by atoms with Crippen LogP contribution in [0.5, 0.6) is 0 Å². The van der Waals surface area contributed by atoms with Crippen molar-refractivity contribution in [3.63, 3.8) is 0 Å². The highest BCUT2D eigenvalue weighted by atomic mass is 19.4. The van der Waals surface area contributed by atoms with Gasteiger partial charge in [0.25, 0.3) is 0 Å². The van der Waals surface area contributed by atoms with Gasteiger partial charge in [-0.3, -0.25) is 0 Å². The number of hydrogen-bond acceptors (Lipinski definition) is 0. The summed E-state index contributed by atoms with van der Waals surface area (Å²) in [5.74, 6) is 0. The molecule has 0 aromatic carbocycles. The Morgan fingerprint density at radius 2 is 1.77 bits per heavy atom. The Kier molecular flexibility index (Phi) is 6.12. The van der Waals surface area contributed by atoms with Gasteiger partial charge in [-0.2, -0.15) is 13.2 Å². The van der Waals surface area contributed by atoms with Gasteiger partial charge in [-0.05, 0) is 19.3 Å². The molecule has 4 heteroatoms. The van der Waals surface area contributed by atoms with Gasteiger partial charge in [0.1, 0.15) is 0 Å². The molecule has 0 amide bonds. The van der Waals surface area contributed by atoms with E-state index in [9.17, 15) is 18.3 Å². The summed E-state index contributed by atoms with van der Waals surface area (Å²) in [6.07, 6.45) is -3.24. The first kappa shape index (κ1) is 12.8. The van der Waals surface area contributed by atoms with E-state index in [2.05, 4.69) is 0 Å². The van der Waals surface area contributed by atoms with E-state index in [0.29, 0.717) is 19.3 Å². The van der Waals surface area contributed by atoms with Gasteiger partial charge in [0.15, 0.2) is 0 Å². The summed E-state index contributed by atoms with van der Waals surface area (Å²) in [7, 11) is 0. The van der Waals surface area contributed by atoms with E-state index in [1.165, 1.54) is 0 Å². The minimum Gasteiger partial charge on any atom is -0.233 e. The van der Waals surface area contributed by atoms with Crippen LogP contribution in [-0.4, -0.2) is 12.3 Å². The fraction of sp³-hybridized carbons (Fsp3) is 1.00. The van der Waals surface area contributed by atoms with Crippen LogP contribution in [0.25, 0.3) is 0 Å². The minimum absolute atomic E-state index is 0.0892. The Labute approximate surface area is 76.9 Å². The molecule has 0 aromatic rings. The summed E-state index contributed by atoms with van der Waals surface area (Å²) >= 11 is 0. The van der Waals surface area contributed by atoms with Gasteiger partial charge < -0.3 is 0 Å². The molecule has 0 spiro atoms. The summed E-state index contributed by atoms with van der Waals surface area (Å²) in [4.78, 5) is 0. The second-order valence-electron chi connectivity index (χ2n) is 3.27. The van der Waals surface area contributed by atoms with Crippen LogP contribution in [0.2, 0.25) is 0 Å². The van der Waals surface area contributed by atoms with Gasteiger partial charge in [0, 0.05) is 6.42 Å². The molecule has 0 heterocycles. The molecule has 0 saturated carbocycles. The molecule has 0 fully saturated rings. The standard InChI is InChI=1S/C9H16F3O/c1-2-5-8(13)6-3-4-7-9(10,11)12/h8H,2-7H2,1H3. The van der Waals surface area contributed by atoms with Crippen molar-refractivity contribution in [3.05, 3.63) is 0 Å². The zero-order valence-corrected chi connectivity index (χ0v) is 7.86. The summed E-state index contributed by atoms with van der Waals surface area (Å²) in [5.41, 5.74) is 0. The van der Waals surface area contributed by atoms with Crippen molar-refractivity contribution in [1.82, 2.24) is 0 Å². The Hall–Kier alpha value is -0.250. The Bertz CT molecular complexity index is 123. The maximum absolute atomic E-state index is 11.7. The molecule has 0 N–H and O–H groups in total. The third-order valence-corrected chi connectivity index (χ3v) is 1.85. The van der Waals surface area contributed by atoms with Crippen molar-refractivity contribution < 1.29 is 18.3 Å². The van der Waals surface area contributed by atoms with E-state index in [-0.39, 0.29) is 6.42 Å². The third-order valence-electron chi connectivity index (χ3n) is 1.85. The lowest BCUT2D eigenvalue weighted by atomic mass is 10.1. The van der Waals surface area contributed by atoms with Crippen LogP contribution in [0.15, 0.2) is 0 Å². The monoisotopic (exact) mass is 197 g/mol. The van der Waals surface area contributed by atoms with Crippen LogP contribution in [0.4, 0.5) is 13.2 Å². The smallest absolute Gasteiger partial charge is 0.233 e. The largest absolute Gasteiger partial charge is 0.389 e. The fourth-order valence-electron chi connectivity index (χ4n) is 1.16. The maximum atomic E-state index is 11.7. The van der Waals surface area contributed by atoms with Crippen molar-refractivity contribution in [2.75, 3.05) is 0 Å². The minimum atomic E-state index is -4.07. The second-order valence-corrected chi connectivity index (χ2v) is 3.27. The number of halogens is 3. The molecule has 13 heavy (non-hydrogen) atoms. The van der Waals surface area contributed by atoms with Crippen LogP contribution in [0.1, 0.15) is 45.4 Å². The molecular formula is C9H16F3O. The van der Waals surface area contributed by atoms with Crippen molar-refractivity contribution >= 4 is 0 Å². The van der Waals surface area contributed by atoms with E-state index >= 15 is 0 Å². The number of alkyl halides is 3. The van der Waals surface area contributed by atoms with Gasteiger partial charge in [-0.25, -0.2) is 5.11 Å². The van der Waals surface area contributed by atoms with Crippen LogP contribution < -0.4 is 0 Å². The van der Waals surface area contributed by atoms with Gasteiger partial charge >= 0.3 is 6.18 Å². The van der Waals surface area contributed by atoms with E-state index in [1.807, 2.05) is 6.92 Å². The molecular weight excluding hydrogens is 181 g/mol. The Morgan fingerprint density at radius 3 is 2.23 bits per heavy atom. The van der Waals surface area contributed by atoms with E-state index in [1.54, 1.807) is 0 Å². The first-order valence-electron chi connectivity index (χ1n) is 4.68. The molecule has 0 aliphatic carbocycles. The molecule has 79 valence electrons. The third kappa shape index (κ3) is 9.67. The predicted octanol–water partition coefficient (Wildman–Crippen LogP) is 3.71. The molecule has 0 rings (SSSR count). The molecule has 0 aliphatic rings. The van der Waals surface area contributed by atoms with Gasteiger partial charge in [0.05, 0.1) is 6.10 Å². The molecule has 0 saturated heterocycles. The van der Waals surface area contributed by atoms with Crippen molar-refractivity contribution in [1.29, 1.82) is 0 Å². The second kappa shape index (κ2) is 6.24. The molecule has 1 radical (unpaired) electrons. The van der Waals surface area contributed by atoms with E-state index in [0.717, 1.165) is 6.42 Å². The number of hydrogen-bond donors (Lipinski definition) is 0. The van der Waals surface area contributed by atoms with Gasteiger partial charge in [-0.1, -0.05) is 19.8 Å². The molecule has 1 nitrogen and oxygen atoms in total. The van der Waals surface area contributed by atoms with Crippen LogP contribution in [-0.2, 0) is 5.11 Å². The Balaban J connectivity index is 3.25.